The quantitative estimate of drug-likeness (QED) is 0.639. The van der Waals surface area contributed by atoms with E-state index in [0.29, 0.717) is 16.6 Å². The zero-order valence-electron chi connectivity index (χ0n) is 14.4. The van der Waals surface area contributed by atoms with E-state index in [1.54, 1.807) is 6.07 Å². The summed E-state index contributed by atoms with van der Waals surface area (Å²) in [5.41, 5.74) is 6.72. The van der Waals surface area contributed by atoms with E-state index in [1.807, 2.05) is 32.0 Å². The van der Waals surface area contributed by atoms with E-state index < -0.39 is 6.04 Å². The van der Waals surface area contributed by atoms with Crippen LogP contribution in [-0.4, -0.2) is 34.6 Å². The van der Waals surface area contributed by atoms with Crippen molar-refractivity contribution in [2.45, 2.75) is 26.3 Å². The number of anilines is 1. The lowest BCUT2D eigenvalue weighted by Gasteiger charge is -2.14. The van der Waals surface area contributed by atoms with Crippen molar-refractivity contribution in [3.05, 3.63) is 39.9 Å². The van der Waals surface area contributed by atoms with E-state index in [1.165, 1.54) is 11.3 Å². The van der Waals surface area contributed by atoms with Crippen molar-refractivity contribution < 1.29 is 9.59 Å². The molecule has 0 saturated carbocycles. The Morgan fingerprint density at radius 2 is 2.04 bits per heavy atom. The Balaban J connectivity index is 0.00000338. The van der Waals surface area contributed by atoms with Gasteiger partial charge in [-0.3, -0.25) is 14.9 Å². The van der Waals surface area contributed by atoms with Gasteiger partial charge in [-0.15, -0.1) is 22.6 Å². The van der Waals surface area contributed by atoms with Crippen molar-refractivity contribution in [2.24, 2.45) is 11.7 Å². The highest BCUT2D eigenvalue weighted by Crippen LogP contribution is 2.20. The van der Waals surface area contributed by atoms with Crippen molar-refractivity contribution in [3.8, 4) is 0 Å². The zero-order valence-corrected chi connectivity index (χ0v) is 16.7. The number of halogens is 2. The Kier molecular flexibility index (Phi) is 8.94. The molecule has 0 spiro atoms. The molecule has 0 radical (unpaired) electrons. The number of carbonyl (C=O) groups is 2. The lowest BCUT2D eigenvalue weighted by molar-refractivity contribution is -0.125. The molecule has 0 unspecified atom stereocenters. The molecule has 1 aromatic heterocycles. The molecule has 26 heavy (non-hydrogen) atoms. The number of amides is 2. The molecule has 2 rings (SSSR count). The average Bonchev–Trinajstić information content (AvgIpc) is 2.98. The summed E-state index contributed by atoms with van der Waals surface area (Å²) >= 11 is 7.23. The predicted molar refractivity (Wildman–Crippen MR) is 106 cm³/mol. The van der Waals surface area contributed by atoms with Gasteiger partial charge < -0.3 is 11.1 Å². The van der Waals surface area contributed by atoms with E-state index >= 15 is 0 Å². The number of nitrogens with zero attached hydrogens (tertiary/aromatic N) is 2. The summed E-state index contributed by atoms with van der Waals surface area (Å²) in [4.78, 5) is 23.6. The van der Waals surface area contributed by atoms with Crippen LogP contribution in [0.5, 0.6) is 0 Å². The number of nitrogens with one attached hydrogen (secondary N) is 2. The van der Waals surface area contributed by atoms with Gasteiger partial charge in [-0.2, -0.15) is 0 Å². The summed E-state index contributed by atoms with van der Waals surface area (Å²) in [6.45, 7) is 3.52. The Bertz CT molecular complexity index is 754. The molecule has 2 aromatic rings. The largest absolute Gasteiger partial charge is 0.346 e. The van der Waals surface area contributed by atoms with Gasteiger partial charge in [0.05, 0.1) is 12.6 Å². The first-order chi connectivity index (χ1) is 11.8. The van der Waals surface area contributed by atoms with E-state index in [9.17, 15) is 9.59 Å². The zero-order chi connectivity index (χ0) is 18.4. The molecule has 142 valence electrons. The van der Waals surface area contributed by atoms with Crippen LogP contribution in [0.25, 0.3) is 0 Å². The molecular weight excluding hydrogens is 397 g/mol. The van der Waals surface area contributed by atoms with Gasteiger partial charge in [-0.05, 0) is 23.6 Å². The number of aromatic nitrogens is 2. The van der Waals surface area contributed by atoms with Crippen molar-refractivity contribution in [3.63, 3.8) is 0 Å². The molecule has 0 aliphatic heterocycles. The highest BCUT2D eigenvalue weighted by molar-refractivity contribution is 7.15. The van der Waals surface area contributed by atoms with E-state index in [2.05, 4.69) is 20.8 Å². The third-order valence-electron chi connectivity index (χ3n) is 3.40. The summed E-state index contributed by atoms with van der Waals surface area (Å²) in [5, 5.41) is 14.9. The molecular formula is C16H21Cl2N5O2S. The van der Waals surface area contributed by atoms with Crippen molar-refractivity contribution in [1.82, 2.24) is 15.5 Å². The van der Waals surface area contributed by atoms with E-state index in [4.69, 9.17) is 17.3 Å². The minimum atomic E-state index is -0.640. The van der Waals surface area contributed by atoms with Crippen LogP contribution < -0.4 is 16.4 Å². The highest BCUT2D eigenvalue weighted by Gasteiger charge is 2.18. The molecule has 0 aliphatic rings. The summed E-state index contributed by atoms with van der Waals surface area (Å²) in [7, 11) is 0. The topological polar surface area (TPSA) is 110 Å². The standard InChI is InChI=1S/C16H20ClN5O2S.ClH/c1-9(2)14(18)15(24)19-8-12(23)20-16-22-21-13(25-16)7-10-4-3-5-11(17)6-10;/h3-6,9,14H,7-8,18H2,1-2H3,(H,19,24)(H,20,22,23);1H/t14-;/m0./s1. The van der Waals surface area contributed by atoms with Crippen LogP contribution >= 0.6 is 35.3 Å². The molecule has 0 bridgehead atoms. The van der Waals surface area contributed by atoms with Crippen molar-refractivity contribution in [1.29, 1.82) is 0 Å². The fourth-order valence-electron chi connectivity index (χ4n) is 1.95. The summed E-state index contributed by atoms with van der Waals surface area (Å²) in [6, 6.07) is 6.83. The first kappa shape index (κ1) is 22.3. The van der Waals surface area contributed by atoms with Crippen LogP contribution in [0.4, 0.5) is 5.13 Å². The second-order valence-corrected chi connectivity index (χ2v) is 7.34. The maximum atomic E-state index is 11.9. The van der Waals surface area contributed by atoms with Crippen LogP contribution in [0, 0.1) is 5.92 Å². The summed E-state index contributed by atoms with van der Waals surface area (Å²) < 4.78 is 0. The first-order valence-electron chi connectivity index (χ1n) is 7.75. The van der Waals surface area contributed by atoms with Gasteiger partial charge in [-0.25, -0.2) is 0 Å². The number of rotatable bonds is 7. The number of benzene rings is 1. The lowest BCUT2D eigenvalue weighted by Crippen LogP contribution is -2.46. The van der Waals surface area contributed by atoms with E-state index in [-0.39, 0.29) is 36.7 Å². The van der Waals surface area contributed by atoms with E-state index in [0.717, 1.165) is 10.6 Å². The molecule has 1 heterocycles. The Morgan fingerprint density at radius 3 is 2.69 bits per heavy atom. The molecule has 4 N–H and O–H groups in total. The maximum Gasteiger partial charge on any atom is 0.245 e. The van der Waals surface area contributed by atoms with Crippen LogP contribution in [0.2, 0.25) is 5.02 Å². The summed E-state index contributed by atoms with van der Waals surface area (Å²) in [5.74, 6) is -0.737. The molecule has 0 saturated heterocycles. The second-order valence-electron chi connectivity index (χ2n) is 5.84. The first-order valence-corrected chi connectivity index (χ1v) is 8.94. The second kappa shape index (κ2) is 10.4. The number of hydrogen-bond acceptors (Lipinski definition) is 6. The van der Waals surface area contributed by atoms with Gasteiger partial charge in [0.15, 0.2) is 0 Å². The molecule has 0 fully saturated rings. The molecule has 1 aromatic carbocycles. The van der Waals surface area contributed by atoms with Gasteiger partial charge in [0.1, 0.15) is 5.01 Å². The fourth-order valence-corrected chi connectivity index (χ4v) is 2.95. The van der Waals surface area contributed by atoms with Gasteiger partial charge in [-0.1, -0.05) is 48.9 Å². The van der Waals surface area contributed by atoms with Crippen LogP contribution in [0.15, 0.2) is 24.3 Å². The Hall–Kier alpha value is -1.74. The minimum Gasteiger partial charge on any atom is -0.346 e. The monoisotopic (exact) mass is 417 g/mol. The van der Waals surface area contributed by atoms with Gasteiger partial charge in [0, 0.05) is 11.4 Å². The Morgan fingerprint density at radius 1 is 1.31 bits per heavy atom. The maximum absolute atomic E-state index is 11.9. The van der Waals surface area contributed by atoms with Gasteiger partial charge >= 0.3 is 0 Å². The van der Waals surface area contributed by atoms with Gasteiger partial charge in [0.25, 0.3) is 0 Å². The molecule has 1 atom stereocenters. The van der Waals surface area contributed by atoms with Crippen LogP contribution in [0.1, 0.15) is 24.4 Å². The summed E-state index contributed by atoms with van der Waals surface area (Å²) in [6.07, 6.45) is 0.577. The van der Waals surface area contributed by atoms with Crippen molar-refractivity contribution in [2.75, 3.05) is 11.9 Å². The average molecular weight is 418 g/mol. The normalized spacial score (nSPS) is 11.6. The predicted octanol–water partition coefficient (Wildman–Crippen LogP) is 2.24. The SMILES string of the molecule is CC(C)[C@H](N)C(=O)NCC(=O)Nc1nnc(Cc2cccc(Cl)c2)s1.Cl. The smallest absolute Gasteiger partial charge is 0.245 e. The van der Waals surface area contributed by atoms with Crippen LogP contribution in [-0.2, 0) is 16.0 Å². The van der Waals surface area contributed by atoms with Crippen LogP contribution in [0.3, 0.4) is 0 Å². The van der Waals surface area contributed by atoms with Gasteiger partial charge in [0.2, 0.25) is 16.9 Å². The molecule has 10 heteroatoms. The third-order valence-corrected chi connectivity index (χ3v) is 4.48. The number of nitrogens with two attached hydrogens (primary N) is 1. The Labute approximate surface area is 167 Å². The third kappa shape index (κ3) is 6.87. The molecule has 0 aliphatic carbocycles. The molecule has 7 nitrogen and oxygen atoms in total. The fraction of sp³-hybridized carbons (Fsp3) is 0.375. The minimum absolute atomic E-state index is 0. The highest BCUT2D eigenvalue weighted by atomic mass is 35.5. The molecule has 2 amide bonds. The lowest BCUT2D eigenvalue weighted by atomic mass is 10.1. The number of carbonyl (C=O) groups excluding carboxylic acids is 2. The number of hydrogen-bond donors (Lipinski definition) is 3. The van der Waals surface area contributed by atoms with Crippen molar-refractivity contribution >= 4 is 52.3 Å².